The van der Waals surface area contributed by atoms with E-state index in [4.69, 9.17) is 11.6 Å². The SMILES string of the molecule is N#Cc1cccc(Cl)c1N1CCN(S(=O)(=O)Cc2ccon2)CC1. The second-order valence-corrected chi connectivity index (χ2v) is 7.76. The minimum absolute atomic E-state index is 0.182. The van der Waals surface area contributed by atoms with E-state index in [0.29, 0.717) is 48.1 Å². The van der Waals surface area contributed by atoms with E-state index >= 15 is 0 Å². The fourth-order valence-corrected chi connectivity index (χ4v) is 4.43. The predicted molar refractivity (Wildman–Crippen MR) is 89.1 cm³/mol. The van der Waals surface area contributed by atoms with E-state index in [1.54, 1.807) is 18.2 Å². The van der Waals surface area contributed by atoms with Crippen LogP contribution >= 0.6 is 11.6 Å². The van der Waals surface area contributed by atoms with Crippen LogP contribution in [0.3, 0.4) is 0 Å². The van der Waals surface area contributed by atoms with E-state index in [0.717, 1.165) is 0 Å². The minimum atomic E-state index is -3.45. The quantitative estimate of drug-likeness (QED) is 0.820. The molecule has 2 aromatic rings. The lowest BCUT2D eigenvalue weighted by atomic mass is 10.1. The van der Waals surface area contributed by atoms with Crippen molar-refractivity contribution in [2.45, 2.75) is 5.75 Å². The van der Waals surface area contributed by atoms with Gasteiger partial charge in [0, 0.05) is 32.2 Å². The van der Waals surface area contributed by atoms with E-state index in [1.165, 1.54) is 16.6 Å². The van der Waals surface area contributed by atoms with Crippen molar-refractivity contribution in [1.29, 1.82) is 5.26 Å². The number of sulfonamides is 1. The van der Waals surface area contributed by atoms with Crippen LogP contribution in [0.1, 0.15) is 11.3 Å². The monoisotopic (exact) mass is 366 g/mol. The van der Waals surface area contributed by atoms with Gasteiger partial charge in [-0.15, -0.1) is 0 Å². The number of aromatic nitrogens is 1. The number of nitriles is 1. The average Bonchev–Trinajstić information content (AvgIpc) is 3.07. The molecule has 1 saturated heterocycles. The van der Waals surface area contributed by atoms with Gasteiger partial charge >= 0.3 is 0 Å². The highest BCUT2D eigenvalue weighted by Crippen LogP contribution is 2.30. The standard InChI is InChI=1S/C15H15ClN4O3S/c16-14-3-1-2-12(10-17)15(14)19-5-7-20(8-6-19)24(21,22)11-13-4-9-23-18-13/h1-4,9H,5-8,11H2. The maximum Gasteiger partial charge on any atom is 0.220 e. The summed E-state index contributed by atoms with van der Waals surface area (Å²) in [6, 6.07) is 8.82. The molecule has 0 N–H and O–H groups in total. The van der Waals surface area contributed by atoms with Crippen LogP contribution in [0.25, 0.3) is 0 Å². The molecule has 9 heteroatoms. The van der Waals surface area contributed by atoms with Crippen molar-refractivity contribution in [2.24, 2.45) is 0 Å². The van der Waals surface area contributed by atoms with E-state index in [1.807, 2.05) is 4.90 Å². The van der Waals surface area contributed by atoms with Crippen molar-refractivity contribution in [1.82, 2.24) is 9.46 Å². The van der Waals surface area contributed by atoms with E-state index in [9.17, 15) is 13.7 Å². The van der Waals surface area contributed by atoms with Crippen molar-refractivity contribution in [3.63, 3.8) is 0 Å². The van der Waals surface area contributed by atoms with Crippen molar-refractivity contribution < 1.29 is 12.9 Å². The van der Waals surface area contributed by atoms with Gasteiger partial charge < -0.3 is 9.42 Å². The molecule has 0 saturated carbocycles. The van der Waals surface area contributed by atoms with Gasteiger partial charge in [0.05, 0.1) is 22.0 Å². The van der Waals surface area contributed by atoms with Crippen LogP contribution < -0.4 is 4.90 Å². The minimum Gasteiger partial charge on any atom is -0.367 e. The Morgan fingerprint density at radius 1 is 1.25 bits per heavy atom. The Balaban J connectivity index is 1.72. The summed E-state index contributed by atoms with van der Waals surface area (Å²) < 4.78 is 31.0. The van der Waals surface area contributed by atoms with Gasteiger partial charge in [0.1, 0.15) is 18.1 Å². The fourth-order valence-electron chi connectivity index (χ4n) is 2.71. The van der Waals surface area contributed by atoms with Crippen molar-refractivity contribution in [3.05, 3.63) is 46.8 Å². The van der Waals surface area contributed by atoms with Crippen LogP contribution in [-0.2, 0) is 15.8 Å². The van der Waals surface area contributed by atoms with Crippen LogP contribution in [0.5, 0.6) is 0 Å². The number of halogens is 1. The second kappa shape index (κ2) is 6.81. The van der Waals surface area contributed by atoms with E-state index < -0.39 is 10.0 Å². The highest BCUT2D eigenvalue weighted by Gasteiger charge is 2.29. The van der Waals surface area contributed by atoms with Gasteiger partial charge in [-0.3, -0.25) is 0 Å². The first-order valence-electron chi connectivity index (χ1n) is 7.32. The Hall–Kier alpha value is -2.08. The molecule has 0 spiro atoms. The lowest BCUT2D eigenvalue weighted by Gasteiger charge is -2.36. The number of hydrogen-bond donors (Lipinski definition) is 0. The van der Waals surface area contributed by atoms with E-state index in [2.05, 4.69) is 15.7 Å². The maximum atomic E-state index is 12.4. The third-order valence-corrected chi connectivity index (χ3v) is 5.99. The molecule has 3 rings (SSSR count). The molecule has 0 atom stereocenters. The van der Waals surface area contributed by atoms with Crippen molar-refractivity contribution in [2.75, 3.05) is 31.1 Å². The molecule has 1 aromatic heterocycles. The van der Waals surface area contributed by atoms with Crippen LogP contribution in [0.4, 0.5) is 5.69 Å². The third-order valence-electron chi connectivity index (χ3n) is 3.88. The average molecular weight is 367 g/mol. The molecule has 0 aliphatic carbocycles. The number of piperazine rings is 1. The van der Waals surface area contributed by atoms with Crippen LogP contribution in [0.2, 0.25) is 5.02 Å². The first-order valence-corrected chi connectivity index (χ1v) is 9.30. The number of hydrogen-bond acceptors (Lipinski definition) is 6. The Bertz CT molecular complexity index is 853. The molecular weight excluding hydrogens is 352 g/mol. The Labute approximate surface area is 145 Å². The van der Waals surface area contributed by atoms with Crippen LogP contribution in [-0.4, -0.2) is 44.1 Å². The molecule has 0 unspecified atom stereocenters. The highest BCUT2D eigenvalue weighted by molar-refractivity contribution is 7.88. The van der Waals surface area contributed by atoms with Gasteiger partial charge in [0.2, 0.25) is 10.0 Å². The highest BCUT2D eigenvalue weighted by atomic mass is 35.5. The summed E-state index contributed by atoms with van der Waals surface area (Å²) in [6.45, 7) is 1.60. The van der Waals surface area contributed by atoms with Crippen molar-refractivity contribution >= 4 is 27.3 Å². The molecule has 24 heavy (non-hydrogen) atoms. The Kier molecular flexibility index (Phi) is 4.76. The van der Waals surface area contributed by atoms with Gasteiger partial charge in [-0.2, -0.15) is 9.57 Å². The number of benzene rings is 1. The van der Waals surface area contributed by atoms with Gasteiger partial charge in [0.25, 0.3) is 0 Å². The number of anilines is 1. The summed E-state index contributed by atoms with van der Waals surface area (Å²) in [5, 5.41) is 13.4. The fraction of sp³-hybridized carbons (Fsp3) is 0.333. The molecule has 1 aliphatic rings. The molecule has 0 amide bonds. The molecule has 1 aliphatic heterocycles. The Morgan fingerprint density at radius 3 is 2.62 bits per heavy atom. The zero-order chi connectivity index (χ0) is 17.2. The molecule has 0 radical (unpaired) electrons. The summed E-state index contributed by atoms with van der Waals surface area (Å²) in [6.07, 6.45) is 1.35. The first kappa shape index (κ1) is 16.8. The third kappa shape index (κ3) is 3.38. The summed E-state index contributed by atoms with van der Waals surface area (Å²) in [5.41, 5.74) is 1.53. The largest absolute Gasteiger partial charge is 0.367 e. The van der Waals surface area contributed by atoms with Gasteiger partial charge in [-0.05, 0) is 12.1 Å². The van der Waals surface area contributed by atoms with Crippen LogP contribution in [0.15, 0.2) is 35.1 Å². The summed E-state index contributed by atoms with van der Waals surface area (Å²) in [4.78, 5) is 1.95. The molecule has 2 heterocycles. The topological polar surface area (TPSA) is 90.4 Å². The molecule has 0 bridgehead atoms. The summed E-state index contributed by atoms with van der Waals surface area (Å²) >= 11 is 6.22. The number of rotatable bonds is 4. The Morgan fingerprint density at radius 2 is 2.00 bits per heavy atom. The van der Waals surface area contributed by atoms with Gasteiger partial charge in [-0.25, -0.2) is 8.42 Å². The molecular formula is C15H15ClN4O3S. The second-order valence-electron chi connectivity index (χ2n) is 5.38. The smallest absolute Gasteiger partial charge is 0.220 e. The molecule has 7 nitrogen and oxygen atoms in total. The zero-order valence-electron chi connectivity index (χ0n) is 12.7. The van der Waals surface area contributed by atoms with Gasteiger partial charge in [0.15, 0.2) is 0 Å². The van der Waals surface area contributed by atoms with Gasteiger partial charge in [-0.1, -0.05) is 22.8 Å². The lowest BCUT2D eigenvalue weighted by molar-refractivity contribution is 0.381. The number of nitrogens with zero attached hydrogens (tertiary/aromatic N) is 4. The molecule has 126 valence electrons. The first-order chi connectivity index (χ1) is 11.5. The summed E-state index contributed by atoms with van der Waals surface area (Å²) in [7, 11) is -3.45. The number of para-hydroxylation sites is 1. The van der Waals surface area contributed by atoms with Crippen molar-refractivity contribution in [3.8, 4) is 6.07 Å². The normalized spacial score (nSPS) is 16.1. The molecule has 1 fully saturated rings. The molecule has 1 aromatic carbocycles. The van der Waals surface area contributed by atoms with Crippen LogP contribution in [0, 0.1) is 11.3 Å². The lowest BCUT2D eigenvalue weighted by Crippen LogP contribution is -2.49. The maximum absolute atomic E-state index is 12.4. The predicted octanol–water partition coefficient (Wildman–Crippen LogP) is 1.85. The van der Waals surface area contributed by atoms with E-state index in [-0.39, 0.29) is 5.75 Å². The zero-order valence-corrected chi connectivity index (χ0v) is 14.3. The summed E-state index contributed by atoms with van der Waals surface area (Å²) in [5.74, 6) is -0.182.